The molecule has 0 bridgehead atoms. The summed E-state index contributed by atoms with van der Waals surface area (Å²) in [4.78, 5) is 44.5. The number of aromatic nitrogens is 4. The van der Waals surface area contributed by atoms with Crippen LogP contribution < -0.4 is 21.0 Å². The fraction of sp³-hybridized carbons (Fsp3) is 0.435. The maximum absolute atomic E-state index is 12.3. The number of carboxylic acids is 1. The van der Waals surface area contributed by atoms with Crippen molar-refractivity contribution in [3.05, 3.63) is 56.5 Å². The van der Waals surface area contributed by atoms with E-state index in [-0.39, 0.29) is 11.7 Å². The fourth-order valence-electron chi connectivity index (χ4n) is 3.96. The number of nitrogens with zero attached hydrogens (tertiary/aromatic N) is 5. The normalized spacial score (nSPS) is 13.8. The Morgan fingerprint density at radius 3 is 2.56 bits per heavy atom. The molecule has 0 atom stereocenters. The molecule has 0 saturated heterocycles. The van der Waals surface area contributed by atoms with Crippen molar-refractivity contribution in [3.63, 3.8) is 0 Å². The highest BCUT2D eigenvalue weighted by Crippen LogP contribution is 2.29. The molecule has 0 radical (unpaired) electrons. The van der Waals surface area contributed by atoms with Gasteiger partial charge in [-0.25, -0.2) is 19.0 Å². The van der Waals surface area contributed by atoms with Gasteiger partial charge in [-0.2, -0.15) is 4.98 Å². The van der Waals surface area contributed by atoms with Crippen LogP contribution >= 0.6 is 11.6 Å². The number of hydrogen-bond donors (Lipinski definition) is 1. The Kier molecular flexibility index (Phi) is 8.27. The summed E-state index contributed by atoms with van der Waals surface area (Å²) < 4.78 is 7.88. The van der Waals surface area contributed by atoms with Gasteiger partial charge in [0.15, 0.2) is 6.61 Å². The second-order valence-corrected chi connectivity index (χ2v) is 8.63. The zero-order chi connectivity index (χ0) is 24.8. The van der Waals surface area contributed by atoms with Crippen LogP contribution in [-0.4, -0.2) is 50.9 Å². The van der Waals surface area contributed by atoms with Crippen LogP contribution in [0.2, 0.25) is 5.02 Å². The number of fused-ring (bicyclic) bond motifs is 1. The molecule has 0 amide bonds. The summed E-state index contributed by atoms with van der Waals surface area (Å²) in [5, 5.41) is 9.83. The van der Waals surface area contributed by atoms with Gasteiger partial charge in [0.25, 0.3) is 0 Å². The van der Waals surface area contributed by atoms with Crippen LogP contribution in [0.3, 0.4) is 0 Å². The van der Waals surface area contributed by atoms with Gasteiger partial charge in [-0.3, -0.25) is 9.55 Å². The molecule has 1 aromatic carbocycles. The summed E-state index contributed by atoms with van der Waals surface area (Å²) in [5.74, 6) is -0.210. The number of carbonyl (C=O) groups is 1. The minimum Gasteiger partial charge on any atom is -0.480 e. The van der Waals surface area contributed by atoms with Gasteiger partial charge in [0, 0.05) is 38.8 Å². The first-order chi connectivity index (χ1) is 16.2. The number of pyridine rings is 1. The molecule has 2 heterocycles. The first-order valence-electron chi connectivity index (χ1n) is 11.0. The molecule has 1 fully saturated rings. The largest absolute Gasteiger partial charge is 0.480 e. The summed E-state index contributed by atoms with van der Waals surface area (Å²) in [7, 11) is 5.20. The maximum atomic E-state index is 12.3. The number of rotatable bonds is 5. The van der Waals surface area contributed by atoms with Gasteiger partial charge in [0.1, 0.15) is 11.3 Å². The van der Waals surface area contributed by atoms with E-state index < -0.39 is 18.3 Å². The van der Waals surface area contributed by atoms with E-state index in [0.717, 1.165) is 31.1 Å². The first-order valence-corrected chi connectivity index (χ1v) is 11.3. The first kappa shape index (κ1) is 25.2. The molecule has 0 spiro atoms. The van der Waals surface area contributed by atoms with E-state index >= 15 is 0 Å². The van der Waals surface area contributed by atoms with Gasteiger partial charge in [0.2, 0.25) is 5.95 Å². The third-order valence-electron chi connectivity index (χ3n) is 5.57. The van der Waals surface area contributed by atoms with Crippen LogP contribution in [0.25, 0.3) is 10.9 Å². The summed E-state index contributed by atoms with van der Waals surface area (Å²) in [5.41, 5.74) is -0.115. The summed E-state index contributed by atoms with van der Waals surface area (Å²) >= 11 is 5.98. The number of anilines is 1. The lowest BCUT2D eigenvalue weighted by molar-refractivity contribution is -0.139. The average molecular weight is 490 g/mol. The summed E-state index contributed by atoms with van der Waals surface area (Å²) in [6, 6.07) is 6.85. The van der Waals surface area contributed by atoms with E-state index in [1.165, 1.54) is 15.6 Å². The van der Waals surface area contributed by atoms with Crippen molar-refractivity contribution in [1.29, 1.82) is 0 Å². The van der Waals surface area contributed by atoms with Crippen LogP contribution in [0.1, 0.15) is 38.1 Å². The third kappa shape index (κ3) is 5.74. The topological polar surface area (TPSA) is 120 Å². The van der Waals surface area contributed by atoms with Crippen LogP contribution in [0.15, 0.2) is 40.1 Å². The minimum absolute atomic E-state index is 0.0219. The van der Waals surface area contributed by atoms with E-state index in [1.54, 1.807) is 56.5 Å². The molecule has 10 nitrogen and oxygen atoms in total. The Labute approximate surface area is 201 Å². The second-order valence-electron chi connectivity index (χ2n) is 8.22. The van der Waals surface area contributed by atoms with Crippen molar-refractivity contribution in [2.45, 2.75) is 38.1 Å². The fourth-order valence-corrected chi connectivity index (χ4v) is 4.18. The van der Waals surface area contributed by atoms with E-state index in [4.69, 9.17) is 21.4 Å². The van der Waals surface area contributed by atoms with Gasteiger partial charge >= 0.3 is 17.3 Å². The molecule has 0 unspecified atom stereocenters. The van der Waals surface area contributed by atoms with Crippen LogP contribution in [0.5, 0.6) is 5.75 Å². The molecule has 4 rings (SSSR count). The Morgan fingerprint density at radius 2 is 1.91 bits per heavy atom. The number of halogens is 1. The Hall–Kier alpha value is -3.40. The quantitative estimate of drug-likeness (QED) is 0.581. The lowest BCUT2D eigenvalue weighted by Gasteiger charge is -2.24. The van der Waals surface area contributed by atoms with Crippen molar-refractivity contribution in [2.75, 3.05) is 25.6 Å². The number of benzene rings is 1. The van der Waals surface area contributed by atoms with Crippen molar-refractivity contribution >= 4 is 34.4 Å². The van der Waals surface area contributed by atoms with Crippen LogP contribution in [0, 0.1) is 0 Å². The number of hydrogen-bond acceptors (Lipinski definition) is 7. The van der Waals surface area contributed by atoms with E-state index in [2.05, 4.69) is 9.97 Å². The molecule has 34 heavy (non-hydrogen) atoms. The van der Waals surface area contributed by atoms with E-state index in [0.29, 0.717) is 22.2 Å². The van der Waals surface area contributed by atoms with Gasteiger partial charge in [-0.05, 0) is 37.1 Å². The minimum atomic E-state index is -1.03. The second kappa shape index (κ2) is 11.1. The SMILES string of the molecule is CN(C)c1nc(=O)n(C2CCCCC2)c(=O)n1C.O=C(O)COc1ccc(Cl)c2cccnc12. The smallest absolute Gasteiger partial charge is 0.355 e. The Morgan fingerprint density at radius 1 is 1.21 bits per heavy atom. The van der Waals surface area contributed by atoms with Crippen molar-refractivity contribution in [1.82, 2.24) is 19.1 Å². The maximum Gasteiger partial charge on any atom is 0.355 e. The van der Waals surface area contributed by atoms with E-state index in [9.17, 15) is 14.4 Å². The average Bonchev–Trinajstić information content (AvgIpc) is 2.82. The van der Waals surface area contributed by atoms with Crippen molar-refractivity contribution in [2.24, 2.45) is 7.05 Å². The van der Waals surface area contributed by atoms with Crippen LogP contribution in [0.4, 0.5) is 5.95 Å². The molecule has 0 aliphatic heterocycles. The standard InChI is InChI=1S/C12H20N4O2.C11H8ClNO3/c1-14(2)10-13-11(17)16(12(18)15(10)3)9-7-5-4-6-8-9;12-8-3-4-9(16-6-10(14)15)11-7(8)2-1-5-13-11/h9H,4-8H2,1-3H3;1-5H,6H2,(H,14,15). The number of carboxylic acid groups (broad SMARTS) is 1. The predicted octanol–water partition coefficient (Wildman–Crippen LogP) is 2.86. The molecule has 182 valence electrons. The molecule has 2 aromatic heterocycles. The van der Waals surface area contributed by atoms with Crippen molar-refractivity contribution in [3.8, 4) is 5.75 Å². The van der Waals surface area contributed by atoms with Gasteiger partial charge in [-0.1, -0.05) is 30.9 Å². The Bertz CT molecular complexity index is 1280. The number of ether oxygens (including phenoxy) is 1. The molecule has 1 aliphatic rings. The van der Waals surface area contributed by atoms with Crippen molar-refractivity contribution < 1.29 is 14.6 Å². The monoisotopic (exact) mass is 489 g/mol. The lowest BCUT2D eigenvalue weighted by atomic mass is 9.95. The van der Waals surface area contributed by atoms with E-state index in [1.807, 2.05) is 0 Å². The highest BCUT2D eigenvalue weighted by molar-refractivity contribution is 6.35. The highest BCUT2D eigenvalue weighted by Gasteiger charge is 2.21. The Balaban J connectivity index is 0.000000192. The van der Waals surface area contributed by atoms with Crippen LogP contribution in [-0.2, 0) is 11.8 Å². The van der Waals surface area contributed by atoms with Gasteiger partial charge in [-0.15, -0.1) is 0 Å². The molecule has 1 saturated carbocycles. The third-order valence-corrected chi connectivity index (χ3v) is 5.89. The zero-order valence-corrected chi connectivity index (χ0v) is 20.2. The molecule has 1 N–H and O–H groups in total. The zero-order valence-electron chi connectivity index (χ0n) is 19.4. The highest BCUT2D eigenvalue weighted by atomic mass is 35.5. The van der Waals surface area contributed by atoms with Gasteiger partial charge < -0.3 is 14.7 Å². The molecule has 3 aromatic rings. The summed E-state index contributed by atoms with van der Waals surface area (Å²) in [6.07, 6.45) is 6.75. The summed E-state index contributed by atoms with van der Waals surface area (Å²) in [6.45, 7) is -0.396. The van der Waals surface area contributed by atoms with Gasteiger partial charge in [0.05, 0.1) is 5.02 Å². The molecular weight excluding hydrogens is 462 g/mol. The molecule has 11 heteroatoms. The molecule has 1 aliphatic carbocycles. The molecular formula is C23H28ClN5O5. The number of aliphatic carboxylic acids is 1. The lowest BCUT2D eigenvalue weighted by Crippen LogP contribution is -2.45. The predicted molar refractivity (Wildman–Crippen MR) is 130 cm³/mol.